The zero-order chi connectivity index (χ0) is 9.19. The van der Waals surface area contributed by atoms with Crippen LogP contribution in [0.5, 0.6) is 0 Å². The fourth-order valence-electron chi connectivity index (χ4n) is 0.863. The third-order valence-electron chi connectivity index (χ3n) is 1.54. The minimum atomic E-state index is 0.176. The molecule has 0 atom stereocenters. The zero-order valence-electron chi connectivity index (χ0n) is 7.72. The van der Waals surface area contributed by atoms with E-state index in [1.165, 1.54) is 5.01 Å². The summed E-state index contributed by atoms with van der Waals surface area (Å²) >= 11 is 7.35. The second-order valence-electron chi connectivity index (χ2n) is 3.83. The summed E-state index contributed by atoms with van der Waals surface area (Å²) in [5, 5.41) is 3.30. The summed E-state index contributed by atoms with van der Waals surface area (Å²) in [6.07, 6.45) is 0.883. The number of hydrogen-bond acceptors (Lipinski definition) is 2. The van der Waals surface area contributed by atoms with Gasteiger partial charge in [0.25, 0.3) is 0 Å². The van der Waals surface area contributed by atoms with Gasteiger partial charge in [-0.05, 0) is 0 Å². The molecule has 0 amide bonds. The maximum absolute atomic E-state index is 5.62. The highest BCUT2D eigenvalue weighted by atomic mass is 35.5. The van der Waals surface area contributed by atoms with E-state index in [1.54, 1.807) is 11.3 Å². The van der Waals surface area contributed by atoms with Crippen molar-refractivity contribution in [1.82, 2.24) is 4.98 Å². The fraction of sp³-hybridized carbons (Fsp3) is 0.667. The summed E-state index contributed by atoms with van der Waals surface area (Å²) in [5.41, 5.74) is 1.30. The highest BCUT2D eigenvalue weighted by molar-refractivity contribution is 7.09. The lowest BCUT2D eigenvalue weighted by molar-refractivity contribution is 0.583. The van der Waals surface area contributed by atoms with Gasteiger partial charge >= 0.3 is 0 Å². The minimum Gasteiger partial charge on any atom is -0.246 e. The summed E-state index contributed by atoms with van der Waals surface area (Å²) in [4.78, 5) is 4.51. The van der Waals surface area contributed by atoms with Crippen molar-refractivity contribution in [2.75, 3.05) is 5.88 Å². The van der Waals surface area contributed by atoms with Crippen molar-refractivity contribution < 1.29 is 0 Å². The molecule has 1 aromatic rings. The number of halogens is 1. The molecule has 1 heterocycles. The van der Waals surface area contributed by atoms with Crippen molar-refractivity contribution in [2.24, 2.45) is 0 Å². The molecule has 0 spiro atoms. The SMILES string of the molecule is CC(C)(C)c1nc(CCCl)cs1. The van der Waals surface area contributed by atoms with Crippen molar-refractivity contribution in [3.8, 4) is 0 Å². The Kier molecular flexibility index (Phi) is 3.13. The quantitative estimate of drug-likeness (QED) is 0.673. The van der Waals surface area contributed by atoms with E-state index in [-0.39, 0.29) is 5.41 Å². The van der Waals surface area contributed by atoms with Crippen molar-refractivity contribution in [2.45, 2.75) is 32.6 Å². The normalized spacial score (nSPS) is 12.0. The molecule has 0 saturated carbocycles. The van der Waals surface area contributed by atoms with Gasteiger partial charge in [-0.1, -0.05) is 20.8 Å². The predicted molar refractivity (Wildman–Crippen MR) is 55.2 cm³/mol. The smallest absolute Gasteiger partial charge is 0.0981 e. The summed E-state index contributed by atoms with van der Waals surface area (Å²) in [6.45, 7) is 6.53. The molecule has 0 radical (unpaired) electrons. The molecular weight excluding hydrogens is 190 g/mol. The van der Waals surface area contributed by atoms with Crippen LogP contribution in [0.2, 0.25) is 0 Å². The third kappa shape index (κ3) is 2.46. The molecule has 0 bridgehead atoms. The van der Waals surface area contributed by atoms with E-state index in [9.17, 15) is 0 Å². The number of thiazole rings is 1. The number of alkyl halides is 1. The van der Waals surface area contributed by atoms with Crippen LogP contribution in [0.1, 0.15) is 31.5 Å². The molecule has 1 nitrogen and oxygen atoms in total. The van der Waals surface area contributed by atoms with E-state index in [4.69, 9.17) is 11.6 Å². The standard InChI is InChI=1S/C9H14ClNS/c1-9(2,3)8-11-7(4-5-10)6-12-8/h6H,4-5H2,1-3H3. The lowest BCUT2D eigenvalue weighted by atomic mass is 9.98. The van der Waals surface area contributed by atoms with Crippen LogP contribution in [-0.2, 0) is 11.8 Å². The average molecular weight is 204 g/mol. The first-order chi connectivity index (χ1) is 5.54. The van der Waals surface area contributed by atoms with E-state index in [0.717, 1.165) is 12.1 Å². The van der Waals surface area contributed by atoms with Crippen LogP contribution in [0, 0.1) is 0 Å². The second kappa shape index (κ2) is 3.75. The number of aromatic nitrogens is 1. The van der Waals surface area contributed by atoms with Gasteiger partial charge in [-0.2, -0.15) is 0 Å². The van der Waals surface area contributed by atoms with Gasteiger partial charge in [0.1, 0.15) is 0 Å². The van der Waals surface area contributed by atoms with E-state index in [0.29, 0.717) is 5.88 Å². The molecule has 0 N–H and O–H groups in total. The molecule has 0 aromatic carbocycles. The van der Waals surface area contributed by atoms with Crippen LogP contribution in [0.3, 0.4) is 0 Å². The number of hydrogen-bond donors (Lipinski definition) is 0. The van der Waals surface area contributed by atoms with Crippen LogP contribution >= 0.6 is 22.9 Å². The van der Waals surface area contributed by atoms with Crippen molar-refractivity contribution in [3.63, 3.8) is 0 Å². The first-order valence-corrected chi connectivity index (χ1v) is 5.46. The molecular formula is C9H14ClNS. The Labute approximate surface area is 82.8 Å². The molecule has 0 aliphatic carbocycles. The van der Waals surface area contributed by atoms with E-state index in [1.807, 2.05) is 0 Å². The lowest BCUT2D eigenvalue weighted by Gasteiger charge is -2.13. The first-order valence-electron chi connectivity index (χ1n) is 4.05. The molecule has 0 unspecified atom stereocenters. The highest BCUT2D eigenvalue weighted by Gasteiger charge is 2.17. The Hall–Kier alpha value is -0.0800. The summed E-state index contributed by atoms with van der Waals surface area (Å²) in [5.74, 6) is 0.660. The van der Waals surface area contributed by atoms with Gasteiger partial charge in [-0.15, -0.1) is 22.9 Å². The fourth-order valence-corrected chi connectivity index (χ4v) is 2.00. The van der Waals surface area contributed by atoms with Gasteiger partial charge in [0.2, 0.25) is 0 Å². The van der Waals surface area contributed by atoms with Crippen molar-refractivity contribution >= 4 is 22.9 Å². The lowest BCUT2D eigenvalue weighted by Crippen LogP contribution is -2.10. The van der Waals surface area contributed by atoms with Gasteiger partial charge in [-0.25, -0.2) is 4.98 Å². The van der Waals surface area contributed by atoms with Crippen LogP contribution in [-0.4, -0.2) is 10.9 Å². The number of rotatable bonds is 2. The van der Waals surface area contributed by atoms with Crippen LogP contribution in [0.15, 0.2) is 5.38 Å². The van der Waals surface area contributed by atoms with E-state index in [2.05, 4.69) is 31.1 Å². The Morgan fingerprint density at radius 2 is 2.17 bits per heavy atom. The van der Waals surface area contributed by atoms with Gasteiger partial charge < -0.3 is 0 Å². The Balaban J connectivity index is 2.77. The van der Waals surface area contributed by atoms with Crippen LogP contribution in [0.4, 0.5) is 0 Å². The van der Waals surface area contributed by atoms with Crippen molar-refractivity contribution in [3.05, 3.63) is 16.1 Å². The molecule has 1 aromatic heterocycles. The minimum absolute atomic E-state index is 0.176. The van der Waals surface area contributed by atoms with Gasteiger partial charge in [0, 0.05) is 23.1 Å². The number of nitrogens with zero attached hydrogens (tertiary/aromatic N) is 1. The molecule has 68 valence electrons. The third-order valence-corrected chi connectivity index (χ3v) is 3.05. The van der Waals surface area contributed by atoms with Crippen molar-refractivity contribution in [1.29, 1.82) is 0 Å². The Morgan fingerprint density at radius 3 is 2.58 bits per heavy atom. The zero-order valence-corrected chi connectivity index (χ0v) is 9.30. The molecule has 0 aliphatic rings. The van der Waals surface area contributed by atoms with Crippen LogP contribution < -0.4 is 0 Å². The van der Waals surface area contributed by atoms with Crippen LogP contribution in [0.25, 0.3) is 0 Å². The predicted octanol–water partition coefficient (Wildman–Crippen LogP) is 3.22. The summed E-state index contributed by atoms with van der Waals surface area (Å²) in [7, 11) is 0. The largest absolute Gasteiger partial charge is 0.246 e. The van der Waals surface area contributed by atoms with Gasteiger partial charge in [-0.3, -0.25) is 0 Å². The summed E-state index contributed by atoms with van der Waals surface area (Å²) in [6, 6.07) is 0. The number of aryl methyl sites for hydroxylation is 1. The molecule has 0 fully saturated rings. The molecule has 0 aliphatic heterocycles. The average Bonchev–Trinajstić information content (AvgIpc) is 2.35. The van der Waals surface area contributed by atoms with Gasteiger partial charge in [0.15, 0.2) is 0 Å². The molecule has 0 saturated heterocycles. The Bertz CT molecular complexity index is 249. The first kappa shape index (κ1) is 10.0. The monoisotopic (exact) mass is 203 g/mol. The second-order valence-corrected chi connectivity index (χ2v) is 5.07. The molecule has 12 heavy (non-hydrogen) atoms. The Morgan fingerprint density at radius 1 is 1.50 bits per heavy atom. The maximum atomic E-state index is 5.62. The summed E-state index contributed by atoms with van der Waals surface area (Å²) < 4.78 is 0. The van der Waals surface area contributed by atoms with Gasteiger partial charge in [0.05, 0.1) is 10.7 Å². The highest BCUT2D eigenvalue weighted by Crippen LogP contribution is 2.25. The van der Waals surface area contributed by atoms with E-state index < -0.39 is 0 Å². The maximum Gasteiger partial charge on any atom is 0.0981 e. The van der Waals surface area contributed by atoms with E-state index >= 15 is 0 Å². The topological polar surface area (TPSA) is 12.9 Å². The molecule has 3 heteroatoms. The molecule has 1 rings (SSSR count).